The number of nitrogens with one attached hydrogen (secondary N) is 2. The lowest BCUT2D eigenvalue weighted by atomic mass is 10.2. The second-order valence-corrected chi connectivity index (χ2v) is 7.05. The summed E-state index contributed by atoms with van der Waals surface area (Å²) in [4.78, 5) is 0. The monoisotopic (exact) mass is 338 g/mol. The minimum atomic E-state index is -3.23. The summed E-state index contributed by atoms with van der Waals surface area (Å²) in [6.45, 7) is 2.69. The lowest BCUT2D eigenvalue weighted by molar-refractivity contribution is 0.317. The van der Waals surface area contributed by atoms with Crippen LogP contribution in [-0.2, 0) is 4.57 Å². The molecule has 22 heavy (non-hydrogen) atoms. The molecule has 0 aliphatic carbocycles. The highest BCUT2D eigenvalue weighted by atomic mass is 35.5. The van der Waals surface area contributed by atoms with E-state index in [2.05, 4.69) is 10.2 Å². The molecule has 1 atom stereocenters. The Bertz CT molecular complexity index is 721. The first-order chi connectivity index (χ1) is 10.6. The summed E-state index contributed by atoms with van der Waals surface area (Å²) in [5.41, 5.74) is 1.42. The summed E-state index contributed by atoms with van der Waals surface area (Å²) < 4.78 is 23.9. The first-order valence-electron chi connectivity index (χ1n) is 6.96. The number of anilines is 2. The van der Waals surface area contributed by atoms with Crippen LogP contribution in [0.4, 0.5) is 11.4 Å². The van der Waals surface area contributed by atoms with Crippen LogP contribution < -0.4 is 19.4 Å². The highest BCUT2D eigenvalue weighted by Gasteiger charge is 2.33. The van der Waals surface area contributed by atoms with Gasteiger partial charge in [-0.25, -0.2) is 4.57 Å². The van der Waals surface area contributed by atoms with E-state index < -0.39 is 7.67 Å². The van der Waals surface area contributed by atoms with Crippen LogP contribution in [0.1, 0.15) is 13.3 Å². The Morgan fingerprint density at radius 1 is 1.05 bits per heavy atom. The molecule has 1 unspecified atom stereocenters. The van der Waals surface area contributed by atoms with E-state index in [1.807, 2.05) is 25.1 Å². The first-order valence-corrected chi connectivity index (χ1v) is 8.97. The fourth-order valence-electron chi connectivity index (χ4n) is 2.06. The molecule has 0 saturated carbocycles. The molecule has 0 radical (unpaired) electrons. The van der Waals surface area contributed by atoms with Crippen molar-refractivity contribution in [1.82, 2.24) is 0 Å². The van der Waals surface area contributed by atoms with Crippen LogP contribution in [-0.4, -0.2) is 6.61 Å². The molecule has 0 saturated heterocycles. The number of benzene rings is 2. The molecule has 0 aromatic heterocycles. The highest BCUT2D eigenvalue weighted by Crippen LogP contribution is 2.55. The second-order valence-electron chi connectivity index (χ2n) is 4.88. The lowest BCUT2D eigenvalue weighted by Crippen LogP contribution is -2.03. The molecule has 2 N–H and O–H groups in total. The van der Waals surface area contributed by atoms with E-state index in [1.165, 1.54) is 0 Å². The van der Waals surface area contributed by atoms with E-state index in [1.54, 1.807) is 24.3 Å². The van der Waals surface area contributed by atoms with Gasteiger partial charge in [-0.05, 0) is 42.8 Å². The molecule has 3 rings (SSSR count). The molecule has 2 aromatic carbocycles. The summed E-state index contributed by atoms with van der Waals surface area (Å²) in [5, 5.41) is 6.39. The number of hydrogen-bond acceptors (Lipinski definition) is 3. The van der Waals surface area contributed by atoms with E-state index in [-0.39, 0.29) is 0 Å². The Hall–Kier alpha value is -1.84. The van der Waals surface area contributed by atoms with Gasteiger partial charge in [0.15, 0.2) is 0 Å². The summed E-state index contributed by atoms with van der Waals surface area (Å²) in [7, 11) is -3.23. The van der Waals surface area contributed by atoms with Gasteiger partial charge in [0.1, 0.15) is 11.5 Å². The van der Waals surface area contributed by atoms with Crippen molar-refractivity contribution in [2.24, 2.45) is 0 Å². The summed E-state index contributed by atoms with van der Waals surface area (Å²) in [6, 6.07) is 12.2. The van der Waals surface area contributed by atoms with E-state index in [9.17, 15) is 4.57 Å². The van der Waals surface area contributed by atoms with Crippen molar-refractivity contribution in [2.75, 3.05) is 16.8 Å². The number of ether oxygens (including phenoxy) is 1. The fourth-order valence-corrected chi connectivity index (χ4v) is 3.76. The van der Waals surface area contributed by atoms with Crippen molar-refractivity contribution in [2.45, 2.75) is 13.3 Å². The van der Waals surface area contributed by atoms with Crippen LogP contribution in [0.3, 0.4) is 0 Å². The minimum Gasteiger partial charge on any atom is -0.494 e. The number of hydrogen-bond donors (Lipinski definition) is 2. The molecule has 2 aromatic rings. The summed E-state index contributed by atoms with van der Waals surface area (Å²) in [6.07, 6.45) is 0.931. The predicted molar refractivity (Wildman–Crippen MR) is 89.2 cm³/mol. The molecule has 0 amide bonds. The first kappa shape index (κ1) is 15.1. The number of rotatable bonds is 5. The largest absolute Gasteiger partial charge is 0.494 e. The van der Waals surface area contributed by atoms with Gasteiger partial charge in [0.2, 0.25) is 0 Å². The molecule has 0 spiro atoms. The van der Waals surface area contributed by atoms with Crippen molar-refractivity contribution in [1.29, 1.82) is 0 Å². The number of halogens is 1. The van der Waals surface area contributed by atoms with E-state index >= 15 is 0 Å². The normalized spacial score (nSPS) is 19.0. The quantitative estimate of drug-likeness (QED) is 0.738. The third-order valence-electron chi connectivity index (χ3n) is 3.05. The zero-order valence-electron chi connectivity index (χ0n) is 12.0. The van der Waals surface area contributed by atoms with Crippen LogP contribution in [0.25, 0.3) is 0 Å². The van der Waals surface area contributed by atoms with E-state index in [0.29, 0.717) is 23.1 Å². The van der Waals surface area contributed by atoms with Gasteiger partial charge in [0.05, 0.1) is 18.0 Å². The van der Waals surface area contributed by atoms with Gasteiger partial charge < -0.3 is 9.26 Å². The van der Waals surface area contributed by atoms with Crippen molar-refractivity contribution in [3.8, 4) is 11.5 Å². The molecule has 5 nitrogen and oxygen atoms in total. The van der Waals surface area contributed by atoms with Gasteiger partial charge >= 0.3 is 7.67 Å². The van der Waals surface area contributed by atoms with Gasteiger partial charge in [-0.1, -0.05) is 18.5 Å². The smallest absolute Gasteiger partial charge is 0.444 e. The Morgan fingerprint density at radius 3 is 2.45 bits per heavy atom. The maximum Gasteiger partial charge on any atom is 0.444 e. The summed E-state index contributed by atoms with van der Waals surface area (Å²) >= 11 is 5.83. The molecule has 1 aliphatic heterocycles. The fraction of sp³-hybridized carbons (Fsp3) is 0.200. The van der Waals surface area contributed by atoms with Gasteiger partial charge in [-0.15, -0.1) is 0 Å². The second kappa shape index (κ2) is 6.11. The molecular formula is C15H16ClN2O3P. The van der Waals surface area contributed by atoms with Gasteiger partial charge in [-0.3, -0.25) is 10.2 Å². The maximum atomic E-state index is 12.7. The van der Waals surface area contributed by atoms with Crippen LogP contribution >= 0.6 is 19.3 Å². The number of fused-ring (bicyclic) bond motifs is 1. The molecule has 1 aliphatic rings. The standard InChI is InChI=1S/C15H16ClN2O3P/c1-2-9-20-13-7-8-14-15(10-13)18-22(19,17-14)21-12-5-3-11(16)4-6-12/h3-8,10H,2,9H2,1H3,(H2,17,18,19). The van der Waals surface area contributed by atoms with Gasteiger partial charge in [0.25, 0.3) is 0 Å². The Balaban J connectivity index is 1.74. The third kappa shape index (κ3) is 3.32. The van der Waals surface area contributed by atoms with E-state index in [4.69, 9.17) is 20.9 Å². The van der Waals surface area contributed by atoms with Crippen molar-refractivity contribution in [3.05, 3.63) is 47.5 Å². The molecule has 116 valence electrons. The van der Waals surface area contributed by atoms with Crippen LogP contribution in [0.15, 0.2) is 42.5 Å². The maximum absolute atomic E-state index is 12.7. The van der Waals surface area contributed by atoms with Crippen molar-refractivity contribution >= 4 is 30.6 Å². The van der Waals surface area contributed by atoms with Crippen molar-refractivity contribution < 1.29 is 13.8 Å². The van der Waals surface area contributed by atoms with Gasteiger partial charge in [-0.2, -0.15) is 0 Å². The molecular weight excluding hydrogens is 323 g/mol. The Labute approximate surface area is 134 Å². The molecule has 1 heterocycles. The predicted octanol–water partition coefficient (Wildman–Crippen LogP) is 5.15. The van der Waals surface area contributed by atoms with Crippen LogP contribution in [0.5, 0.6) is 11.5 Å². The Kier molecular flexibility index (Phi) is 4.19. The molecule has 0 fully saturated rings. The van der Waals surface area contributed by atoms with Crippen LogP contribution in [0.2, 0.25) is 5.02 Å². The topological polar surface area (TPSA) is 59.6 Å². The lowest BCUT2D eigenvalue weighted by Gasteiger charge is -2.14. The third-order valence-corrected chi connectivity index (χ3v) is 4.84. The average Bonchev–Trinajstić information content (AvgIpc) is 2.82. The zero-order chi connectivity index (χ0) is 15.6. The van der Waals surface area contributed by atoms with E-state index in [0.717, 1.165) is 17.9 Å². The Morgan fingerprint density at radius 2 is 1.73 bits per heavy atom. The highest BCUT2D eigenvalue weighted by molar-refractivity contribution is 7.63. The van der Waals surface area contributed by atoms with Gasteiger partial charge in [0, 0.05) is 11.1 Å². The minimum absolute atomic E-state index is 0.475. The van der Waals surface area contributed by atoms with Crippen molar-refractivity contribution in [3.63, 3.8) is 0 Å². The molecule has 0 bridgehead atoms. The average molecular weight is 339 g/mol. The summed E-state index contributed by atoms with van der Waals surface area (Å²) in [5.74, 6) is 1.21. The van der Waals surface area contributed by atoms with Crippen LogP contribution in [0, 0.1) is 0 Å². The SMILES string of the molecule is CCCOc1ccc2c(c1)NP(=O)(Oc1ccc(Cl)cc1)N2. The molecule has 7 heteroatoms. The zero-order valence-corrected chi connectivity index (χ0v) is 13.7.